The Morgan fingerprint density at radius 3 is 2.11 bits per heavy atom. The molecule has 0 radical (unpaired) electrons. The normalized spacial score (nSPS) is 33.9. The molecule has 0 aromatic heterocycles. The van der Waals surface area contributed by atoms with Crippen molar-refractivity contribution in [1.82, 2.24) is 0 Å². The van der Waals surface area contributed by atoms with Gasteiger partial charge in [0.2, 0.25) is 0 Å². The van der Waals surface area contributed by atoms with Gasteiger partial charge in [0.05, 0.1) is 12.0 Å². The van der Waals surface area contributed by atoms with E-state index in [1.165, 1.54) is 0 Å². The predicted molar refractivity (Wildman–Crippen MR) is 63.3 cm³/mol. The van der Waals surface area contributed by atoms with E-state index in [4.69, 9.17) is 4.74 Å². The van der Waals surface area contributed by atoms with E-state index in [0.29, 0.717) is 12.8 Å². The lowest BCUT2D eigenvalue weighted by atomic mass is 9.84. The summed E-state index contributed by atoms with van der Waals surface area (Å²) in [6, 6.07) is 0. The first-order chi connectivity index (χ1) is 8.97. The highest BCUT2D eigenvalue weighted by atomic mass is 16.5. The van der Waals surface area contributed by atoms with Gasteiger partial charge in [0.25, 0.3) is 0 Å². The van der Waals surface area contributed by atoms with Crippen molar-refractivity contribution >= 4 is 17.9 Å². The van der Waals surface area contributed by atoms with E-state index in [0.717, 1.165) is 12.8 Å². The Morgan fingerprint density at radius 1 is 1.21 bits per heavy atom. The van der Waals surface area contributed by atoms with Crippen LogP contribution in [0, 0.1) is 23.2 Å². The number of rotatable bonds is 5. The van der Waals surface area contributed by atoms with Crippen molar-refractivity contribution in [2.75, 3.05) is 6.61 Å². The molecule has 6 nitrogen and oxygen atoms in total. The van der Waals surface area contributed by atoms with Crippen LogP contribution in [0.15, 0.2) is 0 Å². The maximum absolute atomic E-state index is 11.9. The van der Waals surface area contributed by atoms with Crippen molar-refractivity contribution in [3.05, 3.63) is 0 Å². The second kappa shape index (κ2) is 4.83. The highest BCUT2D eigenvalue weighted by molar-refractivity contribution is 6.01. The molecular weight excluding hydrogens is 252 g/mol. The van der Waals surface area contributed by atoms with Gasteiger partial charge >= 0.3 is 17.9 Å². The number of esters is 1. The number of fused-ring (bicyclic) bond motifs is 1. The van der Waals surface area contributed by atoms with Crippen LogP contribution in [0.5, 0.6) is 0 Å². The van der Waals surface area contributed by atoms with Crippen molar-refractivity contribution in [3.8, 4) is 0 Å². The topological polar surface area (TPSA) is 101 Å². The smallest absolute Gasteiger partial charge is 0.321 e. The molecule has 0 aliphatic heterocycles. The van der Waals surface area contributed by atoms with Crippen molar-refractivity contribution < 1.29 is 29.3 Å². The largest absolute Gasteiger partial charge is 0.481 e. The number of ether oxygens (including phenoxy) is 1. The van der Waals surface area contributed by atoms with Gasteiger partial charge in [0, 0.05) is 0 Å². The summed E-state index contributed by atoms with van der Waals surface area (Å²) in [4.78, 5) is 34.9. The minimum atomic E-state index is -1.59. The first-order valence-electron chi connectivity index (χ1n) is 6.60. The van der Waals surface area contributed by atoms with Gasteiger partial charge in [-0.15, -0.1) is 0 Å². The molecule has 0 aromatic rings. The minimum Gasteiger partial charge on any atom is -0.481 e. The molecule has 0 saturated heterocycles. The number of hydrogen-bond donors (Lipinski definition) is 2. The molecule has 2 aliphatic carbocycles. The van der Waals surface area contributed by atoms with Crippen molar-refractivity contribution in [2.45, 2.75) is 32.6 Å². The van der Waals surface area contributed by atoms with E-state index >= 15 is 0 Å². The second-order valence-electron chi connectivity index (χ2n) is 5.26. The highest BCUT2D eigenvalue weighted by Crippen LogP contribution is 2.69. The molecule has 0 spiro atoms. The van der Waals surface area contributed by atoms with Gasteiger partial charge in [-0.3, -0.25) is 14.4 Å². The first kappa shape index (κ1) is 13.8. The summed E-state index contributed by atoms with van der Waals surface area (Å²) < 4.78 is 4.76. The Labute approximate surface area is 110 Å². The molecule has 3 atom stereocenters. The lowest BCUT2D eigenvalue weighted by molar-refractivity contribution is -0.170. The fourth-order valence-corrected chi connectivity index (χ4v) is 3.77. The van der Waals surface area contributed by atoms with E-state index in [2.05, 4.69) is 0 Å². The monoisotopic (exact) mass is 270 g/mol. The van der Waals surface area contributed by atoms with Gasteiger partial charge in [-0.25, -0.2) is 0 Å². The standard InChI is InChI=1S/C13H18O6/c1-2-19-11(16)9(10(14)15)13(12(17)18)7-5-3-4-6-8(7)13/h7-9H,2-6H2,1H3,(H,14,15)(H,17,18). The molecule has 19 heavy (non-hydrogen) atoms. The Hall–Kier alpha value is -1.59. The molecular formula is C13H18O6. The maximum Gasteiger partial charge on any atom is 0.321 e. The Kier molecular flexibility index (Phi) is 3.52. The van der Waals surface area contributed by atoms with Crippen LogP contribution in [0.2, 0.25) is 0 Å². The van der Waals surface area contributed by atoms with Crippen LogP contribution in [0.1, 0.15) is 32.6 Å². The Bertz CT molecular complexity index is 403. The predicted octanol–water partition coefficient (Wildman–Crippen LogP) is 1.14. The quantitative estimate of drug-likeness (QED) is 0.574. The third-order valence-electron chi connectivity index (χ3n) is 4.50. The third-order valence-corrected chi connectivity index (χ3v) is 4.50. The minimum absolute atomic E-state index is 0.0493. The van der Waals surface area contributed by atoms with Crippen LogP contribution in [0.3, 0.4) is 0 Å². The lowest BCUT2D eigenvalue weighted by Crippen LogP contribution is -2.41. The van der Waals surface area contributed by atoms with Gasteiger partial charge in [-0.1, -0.05) is 12.8 Å². The summed E-state index contributed by atoms with van der Waals surface area (Å²) in [5, 5.41) is 18.8. The number of carbonyl (C=O) groups is 3. The molecule has 0 heterocycles. The van der Waals surface area contributed by atoms with Crippen LogP contribution in [-0.4, -0.2) is 34.7 Å². The second-order valence-corrected chi connectivity index (χ2v) is 5.26. The fraction of sp³-hybridized carbons (Fsp3) is 0.769. The average molecular weight is 270 g/mol. The summed E-state index contributed by atoms with van der Waals surface area (Å²) in [7, 11) is 0. The molecule has 0 amide bonds. The van der Waals surface area contributed by atoms with E-state index in [1.54, 1.807) is 6.92 Å². The van der Waals surface area contributed by atoms with Gasteiger partial charge in [-0.2, -0.15) is 0 Å². The van der Waals surface area contributed by atoms with Crippen LogP contribution in [0.25, 0.3) is 0 Å². The van der Waals surface area contributed by atoms with E-state index < -0.39 is 29.2 Å². The van der Waals surface area contributed by atoms with Crippen LogP contribution in [0.4, 0.5) is 0 Å². The molecule has 2 rings (SSSR count). The number of carboxylic acid groups (broad SMARTS) is 2. The van der Waals surface area contributed by atoms with E-state index in [9.17, 15) is 24.6 Å². The third kappa shape index (κ3) is 1.89. The maximum atomic E-state index is 11.9. The average Bonchev–Trinajstić information content (AvgIpc) is 3.00. The summed E-state index contributed by atoms with van der Waals surface area (Å²) in [5.74, 6) is -5.49. The van der Waals surface area contributed by atoms with Gasteiger partial charge in [0.15, 0.2) is 5.92 Å². The number of carbonyl (C=O) groups excluding carboxylic acids is 1. The molecule has 0 bridgehead atoms. The van der Waals surface area contributed by atoms with E-state index in [1.807, 2.05) is 0 Å². The number of carboxylic acids is 2. The molecule has 2 N–H and O–H groups in total. The zero-order valence-corrected chi connectivity index (χ0v) is 10.8. The lowest BCUT2D eigenvalue weighted by Gasteiger charge is -2.20. The van der Waals surface area contributed by atoms with Crippen molar-refractivity contribution in [1.29, 1.82) is 0 Å². The zero-order valence-electron chi connectivity index (χ0n) is 10.8. The van der Waals surface area contributed by atoms with Crippen LogP contribution in [-0.2, 0) is 19.1 Å². The molecule has 2 saturated carbocycles. The fourth-order valence-electron chi connectivity index (χ4n) is 3.77. The summed E-state index contributed by atoms with van der Waals surface area (Å²) >= 11 is 0. The van der Waals surface area contributed by atoms with Gasteiger partial charge < -0.3 is 14.9 Å². The zero-order chi connectivity index (χ0) is 14.2. The Balaban J connectivity index is 2.34. The molecule has 3 unspecified atom stereocenters. The highest BCUT2D eigenvalue weighted by Gasteiger charge is 2.76. The first-order valence-corrected chi connectivity index (χ1v) is 6.60. The van der Waals surface area contributed by atoms with Crippen LogP contribution < -0.4 is 0 Å². The molecule has 0 aromatic carbocycles. The van der Waals surface area contributed by atoms with Gasteiger partial charge in [0.1, 0.15) is 0 Å². The summed E-state index contributed by atoms with van der Waals surface area (Å²) in [5.41, 5.74) is -1.45. The summed E-state index contributed by atoms with van der Waals surface area (Å²) in [6.45, 7) is 1.62. The van der Waals surface area contributed by atoms with Crippen LogP contribution >= 0.6 is 0 Å². The van der Waals surface area contributed by atoms with Crippen molar-refractivity contribution in [3.63, 3.8) is 0 Å². The van der Waals surface area contributed by atoms with Crippen molar-refractivity contribution in [2.24, 2.45) is 23.2 Å². The van der Waals surface area contributed by atoms with Gasteiger partial charge in [-0.05, 0) is 31.6 Å². The number of hydrogen-bond acceptors (Lipinski definition) is 4. The number of aliphatic carboxylic acids is 2. The summed E-state index contributed by atoms with van der Waals surface area (Å²) in [6.07, 6.45) is 3.15. The Morgan fingerprint density at radius 2 is 1.74 bits per heavy atom. The molecule has 106 valence electrons. The van der Waals surface area contributed by atoms with E-state index in [-0.39, 0.29) is 18.4 Å². The molecule has 6 heteroatoms. The SMILES string of the molecule is CCOC(=O)C(C(=O)O)C1(C(=O)O)C2CCCCC21. The molecule has 2 fully saturated rings. The molecule has 2 aliphatic rings.